The van der Waals surface area contributed by atoms with E-state index < -0.39 is 30.0 Å². The van der Waals surface area contributed by atoms with Crippen LogP contribution in [0.2, 0.25) is 10.6 Å². The molecular formula is C22H16Cl2N8O8S2-2. The quantitative estimate of drug-likeness (QED) is 0.185. The largest absolute Gasteiger partial charge is 0.744 e. The minimum atomic E-state index is -5.04. The van der Waals surface area contributed by atoms with E-state index in [1.54, 1.807) is 0 Å². The molecule has 0 aliphatic heterocycles. The monoisotopic (exact) mass is 654 g/mol. The Bertz CT molecular complexity index is 1770. The summed E-state index contributed by atoms with van der Waals surface area (Å²) in [7, 11) is -7.47. The second-order valence-corrected chi connectivity index (χ2v) is 11.2. The van der Waals surface area contributed by atoms with E-state index in [1.165, 1.54) is 38.5 Å². The zero-order valence-electron chi connectivity index (χ0n) is 21.1. The maximum absolute atomic E-state index is 12.0. The Morgan fingerprint density at radius 1 is 0.667 bits per heavy atom. The van der Waals surface area contributed by atoms with Crippen molar-refractivity contribution in [3.05, 3.63) is 58.1 Å². The highest BCUT2D eigenvalue weighted by Gasteiger charge is 2.14. The number of benzene rings is 2. The molecule has 0 atom stereocenters. The van der Waals surface area contributed by atoms with Gasteiger partial charge in [0.25, 0.3) is 0 Å². The van der Waals surface area contributed by atoms with Crippen molar-refractivity contribution in [3.63, 3.8) is 0 Å². The first kappa shape index (κ1) is 30.8. The minimum Gasteiger partial charge on any atom is -0.744 e. The van der Waals surface area contributed by atoms with Gasteiger partial charge in [-0.2, -0.15) is 29.9 Å². The van der Waals surface area contributed by atoms with Crippen molar-refractivity contribution >= 4 is 78.9 Å². The van der Waals surface area contributed by atoms with Crippen LogP contribution >= 0.6 is 23.2 Å². The predicted molar refractivity (Wildman–Crippen MR) is 147 cm³/mol. The summed E-state index contributed by atoms with van der Waals surface area (Å²) < 4.78 is 82.1. The van der Waals surface area contributed by atoms with Gasteiger partial charge < -0.3 is 29.2 Å². The summed E-state index contributed by atoms with van der Waals surface area (Å²) in [5.41, 5.74) is -0.0196. The first-order valence-corrected chi connectivity index (χ1v) is 14.7. The summed E-state index contributed by atoms with van der Waals surface area (Å²) in [6, 6.07) is 7.12. The van der Waals surface area contributed by atoms with Gasteiger partial charge in [0.05, 0.1) is 24.0 Å². The molecule has 0 amide bonds. The smallest absolute Gasteiger partial charge is 0.322 e. The molecule has 2 N–H and O–H groups in total. The van der Waals surface area contributed by atoms with Gasteiger partial charge in [-0.25, -0.2) is 16.8 Å². The van der Waals surface area contributed by atoms with Crippen molar-refractivity contribution < 1.29 is 35.4 Å². The van der Waals surface area contributed by atoms with Gasteiger partial charge in [0.2, 0.25) is 22.5 Å². The molecule has 0 aliphatic rings. The van der Waals surface area contributed by atoms with Crippen LogP contribution in [0.25, 0.3) is 12.2 Å². The molecule has 2 aromatic heterocycles. The average Bonchev–Trinajstić information content (AvgIpc) is 2.91. The van der Waals surface area contributed by atoms with Gasteiger partial charge in [-0.15, -0.1) is 0 Å². The lowest BCUT2D eigenvalue weighted by atomic mass is 10.1. The topological polar surface area (TPSA) is 234 Å². The number of halogens is 2. The number of nitrogens with one attached hydrogen (secondary N) is 2. The van der Waals surface area contributed by atoms with Crippen molar-refractivity contribution in [2.45, 2.75) is 9.79 Å². The van der Waals surface area contributed by atoms with E-state index >= 15 is 0 Å². The van der Waals surface area contributed by atoms with E-state index in [4.69, 9.17) is 32.7 Å². The minimum absolute atomic E-state index is 0.0961. The van der Waals surface area contributed by atoms with Crippen LogP contribution in [0.1, 0.15) is 11.1 Å². The number of aromatic nitrogens is 6. The van der Waals surface area contributed by atoms with Gasteiger partial charge in [0, 0.05) is 11.4 Å². The lowest BCUT2D eigenvalue weighted by Gasteiger charge is -2.15. The molecule has 0 bridgehead atoms. The molecule has 0 radical (unpaired) electrons. The fraction of sp³-hybridized carbons (Fsp3) is 0.0909. The summed E-state index contributed by atoms with van der Waals surface area (Å²) in [6.45, 7) is 0. The number of nitrogens with zero attached hydrogens (tertiary/aromatic N) is 6. The van der Waals surface area contributed by atoms with Gasteiger partial charge >= 0.3 is 12.0 Å². The second kappa shape index (κ2) is 12.3. The number of hydrogen-bond donors (Lipinski definition) is 2. The molecular weight excluding hydrogens is 639 g/mol. The van der Waals surface area contributed by atoms with E-state index in [0.717, 1.165) is 24.3 Å². The molecule has 2 aromatic carbocycles. The average molecular weight is 655 g/mol. The first-order valence-electron chi connectivity index (χ1n) is 11.1. The van der Waals surface area contributed by atoms with E-state index in [9.17, 15) is 25.9 Å². The highest BCUT2D eigenvalue weighted by Crippen LogP contribution is 2.28. The Kier molecular flexibility index (Phi) is 9.04. The Balaban J connectivity index is 1.68. The summed E-state index contributed by atoms with van der Waals surface area (Å²) >= 11 is 11.6. The Morgan fingerprint density at radius 2 is 1.05 bits per heavy atom. The zero-order chi connectivity index (χ0) is 30.7. The standard InChI is InChI=1S/C22H18Cl2N8O8S2/c1-39-21-29-17(23)27-19(31-21)25-13-7-5-11(15(9-13)41(33,34)35)3-4-12-6-8-14(10-16(12)42(36,37)38)26-20-28-18(24)30-22(32-20)40-2/h3-10H,1-2H3,(H,33,34,35)(H,36,37,38)(H,25,27,29,31)(H,26,28,30,32)/p-2/b4-3+. The number of anilines is 4. The highest BCUT2D eigenvalue weighted by atomic mass is 35.5. The van der Waals surface area contributed by atoms with Crippen molar-refractivity contribution in [1.29, 1.82) is 0 Å². The van der Waals surface area contributed by atoms with Crippen LogP contribution in [0.15, 0.2) is 46.2 Å². The van der Waals surface area contributed by atoms with Gasteiger partial charge in [-0.1, -0.05) is 24.3 Å². The zero-order valence-corrected chi connectivity index (χ0v) is 24.3. The van der Waals surface area contributed by atoms with Gasteiger partial charge in [0.1, 0.15) is 20.2 Å². The summed E-state index contributed by atoms with van der Waals surface area (Å²) in [6.07, 6.45) is 2.32. The fourth-order valence-corrected chi connectivity index (χ4v) is 5.03. The van der Waals surface area contributed by atoms with Crippen LogP contribution in [0.4, 0.5) is 23.3 Å². The summed E-state index contributed by atoms with van der Waals surface area (Å²) in [4.78, 5) is 21.6. The molecule has 0 aliphatic carbocycles. The molecule has 220 valence electrons. The number of rotatable bonds is 10. The van der Waals surface area contributed by atoms with Gasteiger partial charge in [0.15, 0.2) is 0 Å². The molecule has 4 rings (SSSR count). The normalized spacial score (nSPS) is 11.9. The Hall–Kier alpha value is -4.20. The van der Waals surface area contributed by atoms with E-state index in [0.29, 0.717) is 0 Å². The lowest BCUT2D eigenvalue weighted by molar-refractivity contribution is 0.378. The van der Waals surface area contributed by atoms with Crippen LogP contribution in [-0.2, 0) is 20.2 Å². The molecule has 0 fully saturated rings. The number of hydrogen-bond acceptors (Lipinski definition) is 16. The van der Waals surface area contributed by atoms with Crippen LogP contribution in [0.3, 0.4) is 0 Å². The number of ether oxygens (including phenoxy) is 2. The van der Waals surface area contributed by atoms with Crippen molar-refractivity contribution in [1.82, 2.24) is 29.9 Å². The summed E-state index contributed by atoms with van der Waals surface area (Å²) in [5, 5.41) is 4.96. The van der Waals surface area contributed by atoms with Crippen LogP contribution in [0, 0.1) is 0 Å². The van der Waals surface area contributed by atoms with Crippen molar-refractivity contribution in [2.24, 2.45) is 0 Å². The third-order valence-corrected chi connectivity index (χ3v) is 7.18. The molecule has 20 heteroatoms. The third-order valence-electron chi connectivity index (χ3n) is 5.06. The van der Waals surface area contributed by atoms with Crippen molar-refractivity contribution in [3.8, 4) is 12.0 Å². The van der Waals surface area contributed by atoms with Crippen LogP contribution < -0.4 is 20.1 Å². The maximum atomic E-state index is 12.0. The molecule has 0 spiro atoms. The number of methoxy groups -OCH3 is 2. The molecule has 2 heterocycles. The third kappa shape index (κ3) is 7.75. The van der Waals surface area contributed by atoms with E-state index in [-0.39, 0.29) is 57.0 Å². The van der Waals surface area contributed by atoms with Gasteiger partial charge in [-0.05, 0) is 58.6 Å². The van der Waals surface area contributed by atoms with Crippen LogP contribution in [-0.4, -0.2) is 70.1 Å². The highest BCUT2D eigenvalue weighted by molar-refractivity contribution is 7.86. The van der Waals surface area contributed by atoms with Crippen LogP contribution in [0.5, 0.6) is 12.0 Å². The maximum Gasteiger partial charge on any atom is 0.322 e. The Labute approximate surface area is 248 Å². The second-order valence-electron chi connectivity index (χ2n) is 7.83. The van der Waals surface area contributed by atoms with Crippen molar-refractivity contribution in [2.75, 3.05) is 24.9 Å². The fourth-order valence-electron chi connectivity index (χ4n) is 3.33. The Morgan fingerprint density at radius 3 is 1.38 bits per heavy atom. The van der Waals surface area contributed by atoms with Gasteiger partial charge in [-0.3, -0.25) is 0 Å². The SMILES string of the molecule is COc1nc(Cl)nc(Nc2ccc(/C=C/c3ccc(Nc4nc(Cl)nc(OC)n4)cc3S(=O)(=O)[O-])c(S(=O)(=O)[O-])c2)n1. The van der Waals surface area contributed by atoms with E-state index in [1.807, 2.05) is 0 Å². The molecule has 0 saturated carbocycles. The molecule has 0 unspecified atom stereocenters. The lowest BCUT2D eigenvalue weighted by Crippen LogP contribution is -2.05. The predicted octanol–water partition coefficient (Wildman–Crippen LogP) is 2.85. The molecule has 16 nitrogen and oxygen atoms in total. The molecule has 42 heavy (non-hydrogen) atoms. The first-order chi connectivity index (χ1) is 19.7. The van der Waals surface area contributed by atoms with E-state index in [2.05, 4.69) is 40.5 Å². The molecule has 4 aromatic rings. The summed E-state index contributed by atoms with van der Waals surface area (Å²) in [5.74, 6) is -0.192. The molecule has 0 saturated heterocycles.